The molecule has 0 saturated heterocycles. The normalized spacial score (nSPS) is 15.2. The van der Waals surface area contributed by atoms with E-state index in [4.69, 9.17) is 5.73 Å². The summed E-state index contributed by atoms with van der Waals surface area (Å²) in [5, 5.41) is 18.4. The molecular formula is C9H12BrNO2. The van der Waals surface area contributed by atoms with Crippen LogP contribution in [-0.2, 0) is 12.8 Å². The molecule has 0 heterocycles. The third kappa shape index (κ3) is 1.78. The number of halogens is 1. The first kappa shape index (κ1) is 10.3. The zero-order valence-electron chi connectivity index (χ0n) is 7.03. The molecule has 1 aliphatic rings. The van der Waals surface area contributed by atoms with Gasteiger partial charge in [0.25, 0.3) is 0 Å². The third-order valence-corrected chi connectivity index (χ3v) is 2.26. The molecule has 0 fully saturated rings. The van der Waals surface area contributed by atoms with Crippen LogP contribution in [0.5, 0.6) is 11.5 Å². The van der Waals surface area contributed by atoms with E-state index in [-0.39, 0.29) is 34.5 Å². The summed E-state index contributed by atoms with van der Waals surface area (Å²) in [4.78, 5) is 0. The second kappa shape index (κ2) is 3.55. The van der Waals surface area contributed by atoms with Gasteiger partial charge in [0.15, 0.2) is 11.5 Å². The van der Waals surface area contributed by atoms with E-state index in [0.29, 0.717) is 0 Å². The highest BCUT2D eigenvalue weighted by Crippen LogP contribution is 2.32. The average molecular weight is 246 g/mol. The number of benzene rings is 1. The van der Waals surface area contributed by atoms with Gasteiger partial charge in [-0.2, -0.15) is 0 Å². The Labute approximate surface area is 87.0 Å². The molecule has 1 aromatic rings. The van der Waals surface area contributed by atoms with Crippen LogP contribution >= 0.6 is 17.0 Å². The Morgan fingerprint density at radius 1 is 1.08 bits per heavy atom. The molecule has 0 unspecified atom stereocenters. The molecule has 0 radical (unpaired) electrons. The van der Waals surface area contributed by atoms with Crippen molar-refractivity contribution >= 4 is 17.0 Å². The van der Waals surface area contributed by atoms with Gasteiger partial charge < -0.3 is 15.9 Å². The first-order valence-electron chi connectivity index (χ1n) is 3.96. The van der Waals surface area contributed by atoms with Gasteiger partial charge in [-0.05, 0) is 36.1 Å². The van der Waals surface area contributed by atoms with Crippen LogP contribution in [0.15, 0.2) is 12.1 Å². The standard InChI is InChI=1S/C9H11NO2.BrH/c10-7-1-5-3-8(11)9(12)4-6(5)2-7;/h3-4,7,11-12H,1-2,10H2;1H. The largest absolute Gasteiger partial charge is 0.504 e. The monoisotopic (exact) mass is 245 g/mol. The average Bonchev–Trinajstić information content (AvgIpc) is 2.30. The summed E-state index contributed by atoms with van der Waals surface area (Å²) in [6.45, 7) is 0. The van der Waals surface area contributed by atoms with Gasteiger partial charge in [0.05, 0.1) is 0 Å². The van der Waals surface area contributed by atoms with Crippen molar-refractivity contribution in [2.75, 3.05) is 0 Å². The maximum absolute atomic E-state index is 9.18. The number of nitrogens with two attached hydrogens (primary N) is 1. The summed E-state index contributed by atoms with van der Waals surface area (Å²) in [6, 6.07) is 3.33. The van der Waals surface area contributed by atoms with Crippen LogP contribution in [0.4, 0.5) is 0 Å². The minimum atomic E-state index is -0.0529. The Morgan fingerprint density at radius 2 is 1.46 bits per heavy atom. The van der Waals surface area contributed by atoms with Crippen molar-refractivity contribution in [3.8, 4) is 11.5 Å². The van der Waals surface area contributed by atoms with Crippen LogP contribution in [0, 0.1) is 0 Å². The lowest BCUT2D eigenvalue weighted by molar-refractivity contribution is 0.403. The van der Waals surface area contributed by atoms with Crippen molar-refractivity contribution in [2.24, 2.45) is 5.73 Å². The van der Waals surface area contributed by atoms with E-state index in [1.54, 1.807) is 12.1 Å². The number of fused-ring (bicyclic) bond motifs is 1. The number of hydrogen-bond acceptors (Lipinski definition) is 3. The van der Waals surface area contributed by atoms with Crippen LogP contribution in [0.3, 0.4) is 0 Å². The molecule has 1 aliphatic carbocycles. The Morgan fingerprint density at radius 3 is 1.85 bits per heavy atom. The van der Waals surface area contributed by atoms with Crippen molar-refractivity contribution in [1.82, 2.24) is 0 Å². The molecule has 0 aromatic heterocycles. The van der Waals surface area contributed by atoms with Gasteiger partial charge in [-0.15, -0.1) is 17.0 Å². The first-order valence-corrected chi connectivity index (χ1v) is 3.96. The zero-order valence-corrected chi connectivity index (χ0v) is 8.74. The second-order valence-electron chi connectivity index (χ2n) is 3.28. The molecule has 2 rings (SSSR count). The van der Waals surface area contributed by atoms with Gasteiger partial charge in [0, 0.05) is 6.04 Å². The molecule has 4 heteroatoms. The van der Waals surface area contributed by atoms with E-state index in [1.165, 1.54) is 0 Å². The topological polar surface area (TPSA) is 66.5 Å². The molecular weight excluding hydrogens is 234 g/mol. The number of hydrogen-bond donors (Lipinski definition) is 3. The predicted octanol–water partition coefficient (Wildman–Crippen LogP) is 1.10. The highest BCUT2D eigenvalue weighted by molar-refractivity contribution is 8.93. The van der Waals surface area contributed by atoms with E-state index in [0.717, 1.165) is 24.0 Å². The van der Waals surface area contributed by atoms with Crippen molar-refractivity contribution in [1.29, 1.82) is 0 Å². The van der Waals surface area contributed by atoms with E-state index < -0.39 is 0 Å². The van der Waals surface area contributed by atoms with E-state index in [2.05, 4.69) is 0 Å². The maximum atomic E-state index is 9.18. The Balaban J connectivity index is 0.000000845. The van der Waals surface area contributed by atoms with Crippen LogP contribution in [0.1, 0.15) is 11.1 Å². The van der Waals surface area contributed by atoms with Crippen LogP contribution < -0.4 is 5.73 Å². The molecule has 4 N–H and O–H groups in total. The smallest absolute Gasteiger partial charge is 0.157 e. The molecule has 0 bridgehead atoms. The summed E-state index contributed by atoms with van der Waals surface area (Å²) in [5.41, 5.74) is 7.83. The lowest BCUT2D eigenvalue weighted by Gasteiger charge is -2.01. The van der Waals surface area contributed by atoms with Crippen LogP contribution in [0.2, 0.25) is 0 Å². The summed E-state index contributed by atoms with van der Waals surface area (Å²) >= 11 is 0. The van der Waals surface area contributed by atoms with Crippen molar-refractivity contribution in [3.05, 3.63) is 23.3 Å². The second-order valence-corrected chi connectivity index (χ2v) is 3.28. The molecule has 0 saturated carbocycles. The zero-order chi connectivity index (χ0) is 8.72. The lowest BCUT2D eigenvalue weighted by Crippen LogP contribution is -2.18. The molecule has 1 aromatic carbocycles. The fourth-order valence-corrected chi connectivity index (χ4v) is 1.68. The SMILES string of the molecule is Br.NC1Cc2cc(O)c(O)cc2C1. The van der Waals surface area contributed by atoms with Crippen molar-refractivity contribution in [2.45, 2.75) is 18.9 Å². The fourth-order valence-electron chi connectivity index (χ4n) is 1.68. The summed E-state index contributed by atoms with van der Waals surface area (Å²) in [7, 11) is 0. The van der Waals surface area contributed by atoms with Gasteiger partial charge in [0.2, 0.25) is 0 Å². The molecule has 72 valence electrons. The van der Waals surface area contributed by atoms with E-state index in [1.807, 2.05) is 0 Å². The maximum Gasteiger partial charge on any atom is 0.157 e. The molecule has 0 aliphatic heterocycles. The first-order chi connectivity index (χ1) is 5.66. The molecule has 0 amide bonds. The predicted molar refractivity (Wildman–Crippen MR) is 55.5 cm³/mol. The van der Waals surface area contributed by atoms with Gasteiger partial charge in [0.1, 0.15) is 0 Å². The highest BCUT2D eigenvalue weighted by atomic mass is 79.9. The summed E-state index contributed by atoms with van der Waals surface area (Å²) in [5.74, 6) is -0.106. The molecule has 0 spiro atoms. The number of aromatic hydroxyl groups is 2. The van der Waals surface area contributed by atoms with Crippen LogP contribution in [-0.4, -0.2) is 16.3 Å². The minimum absolute atomic E-state index is 0. The Hall–Kier alpha value is -0.740. The highest BCUT2D eigenvalue weighted by Gasteiger charge is 2.19. The Bertz CT molecular complexity index is 297. The van der Waals surface area contributed by atoms with Gasteiger partial charge in [-0.3, -0.25) is 0 Å². The minimum Gasteiger partial charge on any atom is -0.504 e. The number of rotatable bonds is 0. The lowest BCUT2D eigenvalue weighted by atomic mass is 10.1. The molecule has 13 heavy (non-hydrogen) atoms. The van der Waals surface area contributed by atoms with Crippen molar-refractivity contribution in [3.63, 3.8) is 0 Å². The van der Waals surface area contributed by atoms with Gasteiger partial charge in [-0.1, -0.05) is 0 Å². The molecule has 0 atom stereocenters. The van der Waals surface area contributed by atoms with E-state index in [9.17, 15) is 10.2 Å². The molecule has 3 nitrogen and oxygen atoms in total. The number of phenolic OH excluding ortho intramolecular Hbond substituents is 2. The van der Waals surface area contributed by atoms with E-state index >= 15 is 0 Å². The van der Waals surface area contributed by atoms with Gasteiger partial charge >= 0.3 is 0 Å². The summed E-state index contributed by atoms with van der Waals surface area (Å²) in [6.07, 6.45) is 1.59. The fraction of sp³-hybridized carbons (Fsp3) is 0.333. The van der Waals surface area contributed by atoms with Gasteiger partial charge in [-0.25, -0.2) is 0 Å². The summed E-state index contributed by atoms with van der Waals surface area (Å²) < 4.78 is 0. The number of phenols is 2. The third-order valence-electron chi connectivity index (χ3n) is 2.26. The Kier molecular flexibility index (Phi) is 2.83. The van der Waals surface area contributed by atoms with Crippen molar-refractivity contribution < 1.29 is 10.2 Å². The quantitative estimate of drug-likeness (QED) is 0.600. The van der Waals surface area contributed by atoms with Crippen LogP contribution in [0.25, 0.3) is 0 Å².